The molecule has 130 valence electrons. The SMILES string of the molecule is Cc1ccc(C)c(S(=O)(=O)NCc2nc3cccnc3n2C2CC2)c1. The van der Waals surface area contributed by atoms with E-state index >= 15 is 0 Å². The van der Waals surface area contributed by atoms with Gasteiger partial charge in [-0.3, -0.25) is 0 Å². The third-order valence-electron chi connectivity index (χ3n) is 4.49. The highest BCUT2D eigenvalue weighted by Crippen LogP contribution is 2.38. The van der Waals surface area contributed by atoms with Crippen LogP contribution in [0, 0.1) is 13.8 Å². The second-order valence-electron chi connectivity index (χ2n) is 6.57. The van der Waals surface area contributed by atoms with Gasteiger partial charge in [-0.2, -0.15) is 0 Å². The number of fused-ring (bicyclic) bond motifs is 1. The molecule has 0 radical (unpaired) electrons. The van der Waals surface area contributed by atoms with Crippen molar-refractivity contribution in [3.05, 3.63) is 53.5 Å². The first-order valence-corrected chi connectivity index (χ1v) is 9.83. The van der Waals surface area contributed by atoms with Gasteiger partial charge in [-0.25, -0.2) is 23.1 Å². The van der Waals surface area contributed by atoms with E-state index in [0.717, 1.165) is 35.1 Å². The highest BCUT2D eigenvalue weighted by Gasteiger charge is 2.29. The van der Waals surface area contributed by atoms with Crippen molar-refractivity contribution in [1.82, 2.24) is 19.3 Å². The fourth-order valence-corrected chi connectivity index (χ4v) is 4.36. The van der Waals surface area contributed by atoms with Gasteiger partial charge in [0.25, 0.3) is 0 Å². The van der Waals surface area contributed by atoms with E-state index in [0.29, 0.717) is 16.8 Å². The molecule has 1 saturated carbocycles. The van der Waals surface area contributed by atoms with Crippen molar-refractivity contribution >= 4 is 21.2 Å². The summed E-state index contributed by atoms with van der Waals surface area (Å²) in [5, 5.41) is 0. The molecule has 1 aromatic carbocycles. The number of imidazole rings is 1. The largest absolute Gasteiger partial charge is 0.308 e. The molecule has 0 spiro atoms. The summed E-state index contributed by atoms with van der Waals surface area (Å²) in [6.07, 6.45) is 3.91. The maximum atomic E-state index is 12.7. The van der Waals surface area contributed by atoms with E-state index in [2.05, 4.69) is 19.3 Å². The lowest BCUT2D eigenvalue weighted by atomic mass is 10.2. The van der Waals surface area contributed by atoms with Crippen molar-refractivity contribution in [3.8, 4) is 0 Å². The number of sulfonamides is 1. The Kier molecular flexibility index (Phi) is 3.85. The van der Waals surface area contributed by atoms with Crippen molar-refractivity contribution in [1.29, 1.82) is 0 Å². The summed E-state index contributed by atoms with van der Waals surface area (Å²) in [5.41, 5.74) is 3.28. The lowest BCUT2D eigenvalue weighted by Gasteiger charge is -2.11. The second kappa shape index (κ2) is 5.93. The highest BCUT2D eigenvalue weighted by molar-refractivity contribution is 7.89. The molecule has 1 aliphatic carbocycles. The molecule has 1 aliphatic rings. The summed E-state index contributed by atoms with van der Waals surface area (Å²) in [6.45, 7) is 3.84. The van der Waals surface area contributed by atoms with Gasteiger partial charge in [-0.1, -0.05) is 12.1 Å². The number of benzene rings is 1. The van der Waals surface area contributed by atoms with E-state index in [1.165, 1.54) is 0 Å². The first kappa shape index (κ1) is 16.2. The fraction of sp³-hybridized carbons (Fsp3) is 0.333. The molecule has 4 rings (SSSR count). The van der Waals surface area contributed by atoms with Gasteiger partial charge in [0.05, 0.1) is 11.4 Å². The molecule has 0 unspecified atom stereocenters. The molecule has 0 aliphatic heterocycles. The van der Waals surface area contributed by atoms with Crippen LogP contribution in [0.2, 0.25) is 0 Å². The molecular weight excluding hydrogens is 336 g/mol. The van der Waals surface area contributed by atoms with Crippen LogP contribution in [0.1, 0.15) is 35.8 Å². The molecule has 7 heteroatoms. The van der Waals surface area contributed by atoms with E-state index in [1.807, 2.05) is 31.2 Å². The standard InChI is InChI=1S/C18H20N4O2S/c1-12-5-6-13(2)16(10-12)25(23,24)20-11-17-21-15-4-3-9-19-18(15)22(17)14-7-8-14/h3-6,9-10,14,20H,7-8,11H2,1-2H3. The summed E-state index contributed by atoms with van der Waals surface area (Å²) in [7, 11) is -3.59. The molecule has 0 bridgehead atoms. The zero-order valence-corrected chi connectivity index (χ0v) is 15.0. The van der Waals surface area contributed by atoms with E-state index in [-0.39, 0.29) is 6.54 Å². The van der Waals surface area contributed by atoms with Crippen LogP contribution in [0.5, 0.6) is 0 Å². The Morgan fingerprint density at radius 2 is 2.04 bits per heavy atom. The minimum atomic E-state index is -3.59. The van der Waals surface area contributed by atoms with Crippen LogP contribution in [0.3, 0.4) is 0 Å². The quantitative estimate of drug-likeness (QED) is 0.763. The van der Waals surface area contributed by atoms with Crippen molar-refractivity contribution in [2.24, 2.45) is 0 Å². The Morgan fingerprint density at radius 3 is 2.80 bits per heavy atom. The van der Waals surface area contributed by atoms with Gasteiger partial charge in [0.15, 0.2) is 5.65 Å². The molecular formula is C18H20N4O2S. The van der Waals surface area contributed by atoms with Gasteiger partial charge in [-0.05, 0) is 56.0 Å². The van der Waals surface area contributed by atoms with Crippen LogP contribution >= 0.6 is 0 Å². The number of aryl methyl sites for hydroxylation is 2. The summed E-state index contributed by atoms with van der Waals surface area (Å²) in [4.78, 5) is 9.32. The third kappa shape index (κ3) is 3.05. The molecule has 0 amide bonds. The van der Waals surface area contributed by atoms with Gasteiger partial charge in [0.1, 0.15) is 11.3 Å². The van der Waals surface area contributed by atoms with Gasteiger partial charge in [-0.15, -0.1) is 0 Å². The molecule has 1 N–H and O–H groups in total. The monoisotopic (exact) mass is 356 g/mol. The van der Waals surface area contributed by atoms with Crippen LogP contribution in [0.15, 0.2) is 41.4 Å². The van der Waals surface area contributed by atoms with Gasteiger partial charge >= 0.3 is 0 Å². The van der Waals surface area contributed by atoms with Crippen LogP contribution in [-0.2, 0) is 16.6 Å². The molecule has 25 heavy (non-hydrogen) atoms. The average Bonchev–Trinajstić information content (AvgIpc) is 3.35. The molecule has 1 fully saturated rings. The third-order valence-corrected chi connectivity index (χ3v) is 6.03. The minimum absolute atomic E-state index is 0.155. The van der Waals surface area contributed by atoms with E-state index in [1.54, 1.807) is 19.2 Å². The van der Waals surface area contributed by atoms with E-state index in [9.17, 15) is 8.42 Å². The van der Waals surface area contributed by atoms with Crippen molar-refractivity contribution < 1.29 is 8.42 Å². The number of nitrogens with zero attached hydrogens (tertiary/aromatic N) is 3. The van der Waals surface area contributed by atoms with Crippen molar-refractivity contribution in [2.45, 2.75) is 44.2 Å². The molecule has 2 aromatic heterocycles. The fourth-order valence-electron chi connectivity index (χ4n) is 3.05. The first-order chi connectivity index (χ1) is 12.0. The Morgan fingerprint density at radius 1 is 1.24 bits per heavy atom. The topological polar surface area (TPSA) is 76.9 Å². The normalized spacial score (nSPS) is 15.0. The Balaban J connectivity index is 1.66. The average molecular weight is 356 g/mol. The molecule has 6 nitrogen and oxygen atoms in total. The lowest BCUT2D eigenvalue weighted by Crippen LogP contribution is -2.25. The number of pyridine rings is 1. The maximum absolute atomic E-state index is 12.7. The van der Waals surface area contributed by atoms with Crippen LogP contribution in [0.4, 0.5) is 0 Å². The van der Waals surface area contributed by atoms with E-state index in [4.69, 9.17) is 0 Å². The predicted octanol–water partition coefficient (Wildman–Crippen LogP) is 2.86. The molecule has 2 heterocycles. The zero-order chi connectivity index (χ0) is 17.6. The maximum Gasteiger partial charge on any atom is 0.241 e. The number of rotatable bonds is 5. The summed E-state index contributed by atoms with van der Waals surface area (Å²) >= 11 is 0. The van der Waals surface area contributed by atoms with Gasteiger partial charge < -0.3 is 4.57 Å². The number of nitrogens with one attached hydrogen (secondary N) is 1. The van der Waals surface area contributed by atoms with Crippen LogP contribution < -0.4 is 4.72 Å². The van der Waals surface area contributed by atoms with Crippen molar-refractivity contribution in [2.75, 3.05) is 0 Å². The summed E-state index contributed by atoms with van der Waals surface area (Å²) in [6, 6.07) is 9.56. The Labute approximate surface area is 147 Å². The predicted molar refractivity (Wildman–Crippen MR) is 95.7 cm³/mol. The Bertz CT molecular complexity index is 1050. The highest BCUT2D eigenvalue weighted by atomic mass is 32.2. The van der Waals surface area contributed by atoms with Gasteiger partial charge in [0, 0.05) is 12.2 Å². The molecule has 3 aromatic rings. The minimum Gasteiger partial charge on any atom is -0.308 e. The summed E-state index contributed by atoms with van der Waals surface area (Å²) in [5.74, 6) is 0.713. The zero-order valence-electron chi connectivity index (χ0n) is 14.2. The van der Waals surface area contributed by atoms with Crippen molar-refractivity contribution in [3.63, 3.8) is 0 Å². The second-order valence-corrected chi connectivity index (χ2v) is 8.30. The molecule has 0 saturated heterocycles. The Hall–Kier alpha value is -2.25. The lowest BCUT2D eigenvalue weighted by molar-refractivity contribution is 0.574. The number of hydrogen-bond donors (Lipinski definition) is 1. The first-order valence-electron chi connectivity index (χ1n) is 8.34. The van der Waals surface area contributed by atoms with Gasteiger partial charge in [0.2, 0.25) is 10.0 Å². The molecule has 0 atom stereocenters. The van der Waals surface area contributed by atoms with Crippen LogP contribution in [-0.4, -0.2) is 23.0 Å². The number of aromatic nitrogens is 3. The van der Waals surface area contributed by atoms with Crippen LogP contribution in [0.25, 0.3) is 11.2 Å². The smallest absolute Gasteiger partial charge is 0.241 e. The van der Waals surface area contributed by atoms with E-state index < -0.39 is 10.0 Å². The number of hydrogen-bond acceptors (Lipinski definition) is 4. The summed E-state index contributed by atoms with van der Waals surface area (Å²) < 4.78 is 30.2.